The Morgan fingerprint density at radius 2 is 2.06 bits per heavy atom. The average Bonchev–Trinajstić information content (AvgIpc) is 2.86. The molecule has 0 saturated carbocycles. The summed E-state index contributed by atoms with van der Waals surface area (Å²) in [6.07, 6.45) is 9.47. The van der Waals surface area contributed by atoms with E-state index >= 15 is 0 Å². The molecule has 0 bridgehead atoms. The van der Waals surface area contributed by atoms with E-state index < -0.39 is 0 Å². The maximum absolute atomic E-state index is 4.43. The third-order valence-electron chi connectivity index (χ3n) is 3.54. The molecule has 102 valence electrons. The zero-order valence-electron chi connectivity index (χ0n) is 11.6. The third-order valence-corrected chi connectivity index (χ3v) is 3.54. The Balaban J connectivity index is 1.69. The molecule has 1 N–H and O–H groups in total. The van der Waals surface area contributed by atoms with Gasteiger partial charge in [-0.05, 0) is 38.9 Å². The molecule has 1 aliphatic heterocycles. The predicted octanol–water partition coefficient (Wildman–Crippen LogP) is 1.87. The fourth-order valence-electron chi connectivity index (χ4n) is 2.45. The van der Waals surface area contributed by atoms with E-state index in [0.717, 1.165) is 31.9 Å². The van der Waals surface area contributed by atoms with E-state index in [1.165, 1.54) is 38.8 Å². The van der Waals surface area contributed by atoms with Gasteiger partial charge in [0.15, 0.2) is 0 Å². The molecule has 0 atom stereocenters. The van der Waals surface area contributed by atoms with Crippen LogP contribution in [-0.2, 0) is 13.1 Å². The average molecular weight is 250 g/mol. The van der Waals surface area contributed by atoms with Crippen LogP contribution in [0.4, 0.5) is 0 Å². The predicted molar refractivity (Wildman–Crippen MR) is 74.5 cm³/mol. The first-order chi connectivity index (χ1) is 8.88. The maximum Gasteiger partial charge on any atom is 0.0950 e. The van der Waals surface area contributed by atoms with Crippen molar-refractivity contribution in [1.82, 2.24) is 19.8 Å². The Morgan fingerprint density at radius 3 is 2.83 bits per heavy atom. The van der Waals surface area contributed by atoms with Gasteiger partial charge in [0.2, 0.25) is 0 Å². The number of imidazole rings is 1. The minimum Gasteiger partial charge on any atom is -0.336 e. The molecule has 4 nitrogen and oxygen atoms in total. The van der Waals surface area contributed by atoms with E-state index in [1.54, 1.807) is 0 Å². The molecule has 1 aliphatic rings. The fourth-order valence-corrected chi connectivity index (χ4v) is 2.45. The highest BCUT2D eigenvalue weighted by Crippen LogP contribution is 2.08. The molecule has 0 spiro atoms. The smallest absolute Gasteiger partial charge is 0.0950 e. The van der Waals surface area contributed by atoms with Crippen LogP contribution in [0.2, 0.25) is 0 Å². The van der Waals surface area contributed by atoms with E-state index in [4.69, 9.17) is 0 Å². The first-order valence-corrected chi connectivity index (χ1v) is 7.32. The Kier molecular flexibility index (Phi) is 5.68. The van der Waals surface area contributed by atoms with Crippen LogP contribution in [0.25, 0.3) is 0 Å². The van der Waals surface area contributed by atoms with Crippen LogP contribution in [0.3, 0.4) is 0 Å². The third kappa shape index (κ3) is 4.42. The van der Waals surface area contributed by atoms with Crippen LogP contribution < -0.4 is 5.32 Å². The summed E-state index contributed by atoms with van der Waals surface area (Å²) in [6, 6.07) is 0. The van der Waals surface area contributed by atoms with E-state index in [2.05, 4.69) is 32.9 Å². The molecule has 0 aliphatic carbocycles. The summed E-state index contributed by atoms with van der Waals surface area (Å²) in [5, 5.41) is 3.38. The summed E-state index contributed by atoms with van der Waals surface area (Å²) < 4.78 is 2.22. The Labute approximate surface area is 110 Å². The number of nitrogens with one attached hydrogen (secondary N) is 1. The number of likely N-dealkylation sites (tertiary alicyclic amines) is 1. The molecule has 0 unspecified atom stereocenters. The lowest BCUT2D eigenvalue weighted by molar-refractivity contribution is 0.221. The van der Waals surface area contributed by atoms with Gasteiger partial charge in [0.05, 0.1) is 12.0 Å². The molecular formula is C14H26N4. The second-order valence-corrected chi connectivity index (χ2v) is 5.18. The maximum atomic E-state index is 4.43. The molecule has 2 heterocycles. The van der Waals surface area contributed by atoms with Gasteiger partial charge in [-0.25, -0.2) is 4.98 Å². The molecule has 18 heavy (non-hydrogen) atoms. The van der Waals surface area contributed by atoms with Crippen molar-refractivity contribution in [3.8, 4) is 0 Å². The van der Waals surface area contributed by atoms with Crippen LogP contribution in [0.5, 0.6) is 0 Å². The molecule has 0 radical (unpaired) electrons. The van der Waals surface area contributed by atoms with Crippen molar-refractivity contribution in [2.75, 3.05) is 26.2 Å². The zero-order chi connectivity index (χ0) is 12.6. The van der Waals surface area contributed by atoms with Gasteiger partial charge in [0.25, 0.3) is 0 Å². The first kappa shape index (κ1) is 13.6. The van der Waals surface area contributed by atoms with Crippen molar-refractivity contribution in [3.63, 3.8) is 0 Å². The summed E-state index contributed by atoms with van der Waals surface area (Å²) in [7, 11) is 0. The Morgan fingerprint density at radius 1 is 1.22 bits per heavy atom. The normalized spacial score (nSPS) is 17.2. The lowest BCUT2D eigenvalue weighted by atomic mass is 10.1. The Hall–Kier alpha value is -0.870. The van der Waals surface area contributed by atoms with Crippen molar-refractivity contribution in [2.45, 2.75) is 45.7 Å². The van der Waals surface area contributed by atoms with Gasteiger partial charge in [-0.3, -0.25) is 0 Å². The highest BCUT2D eigenvalue weighted by atomic mass is 15.2. The van der Waals surface area contributed by atoms with E-state index in [1.807, 2.05) is 6.33 Å². The quantitative estimate of drug-likeness (QED) is 0.750. The fraction of sp³-hybridized carbons (Fsp3) is 0.786. The molecule has 0 aromatic carbocycles. The van der Waals surface area contributed by atoms with Crippen molar-refractivity contribution in [1.29, 1.82) is 0 Å². The molecule has 0 amide bonds. The van der Waals surface area contributed by atoms with Gasteiger partial charge >= 0.3 is 0 Å². The van der Waals surface area contributed by atoms with Gasteiger partial charge < -0.3 is 14.8 Å². The monoisotopic (exact) mass is 250 g/mol. The van der Waals surface area contributed by atoms with Crippen molar-refractivity contribution >= 4 is 0 Å². The van der Waals surface area contributed by atoms with Crippen LogP contribution in [0, 0.1) is 0 Å². The number of aromatic nitrogens is 2. The summed E-state index contributed by atoms with van der Waals surface area (Å²) >= 11 is 0. The standard InChI is InChI=1S/C14H26N4/c1-2-6-15-11-14-12-18(13-16-14)10-9-17-7-4-3-5-8-17/h12-13,15H,2-11H2,1H3. The molecule has 1 aromatic heterocycles. The number of rotatable bonds is 7. The van der Waals surface area contributed by atoms with Crippen molar-refractivity contribution in [2.24, 2.45) is 0 Å². The summed E-state index contributed by atoms with van der Waals surface area (Å²) in [5.41, 5.74) is 1.15. The van der Waals surface area contributed by atoms with Crippen LogP contribution in [-0.4, -0.2) is 40.6 Å². The summed E-state index contributed by atoms with van der Waals surface area (Å²) in [6.45, 7) is 8.94. The van der Waals surface area contributed by atoms with Gasteiger partial charge in [-0.1, -0.05) is 13.3 Å². The number of nitrogens with zero attached hydrogens (tertiary/aromatic N) is 3. The highest BCUT2D eigenvalue weighted by Gasteiger charge is 2.09. The summed E-state index contributed by atoms with van der Waals surface area (Å²) in [4.78, 5) is 7.00. The number of hydrogen-bond donors (Lipinski definition) is 1. The van der Waals surface area contributed by atoms with Gasteiger partial charge in [-0.2, -0.15) is 0 Å². The molecule has 1 saturated heterocycles. The summed E-state index contributed by atoms with van der Waals surface area (Å²) in [5.74, 6) is 0. The van der Waals surface area contributed by atoms with Crippen LogP contribution in [0.15, 0.2) is 12.5 Å². The van der Waals surface area contributed by atoms with E-state index in [-0.39, 0.29) is 0 Å². The largest absolute Gasteiger partial charge is 0.336 e. The molecule has 4 heteroatoms. The molecule has 2 rings (SSSR count). The highest BCUT2D eigenvalue weighted by molar-refractivity contribution is 4.96. The van der Waals surface area contributed by atoms with Gasteiger partial charge in [0.1, 0.15) is 0 Å². The number of hydrogen-bond acceptors (Lipinski definition) is 3. The zero-order valence-corrected chi connectivity index (χ0v) is 11.6. The van der Waals surface area contributed by atoms with Crippen LogP contribution in [0.1, 0.15) is 38.3 Å². The van der Waals surface area contributed by atoms with Crippen LogP contribution >= 0.6 is 0 Å². The lowest BCUT2D eigenvalue weighted by Gasteiger charge is -2.26. The molecule has 1 aromatic rings. The first-order valence-electron chi connectivity index (χ1n) is 7.32. The lowest BCUT2D eigenvalue weighted by Crippen LogP contribution is -2.32. The molecule has 1 fully saturated rings. The van der Waals surface area contributed by atoms with E-state index in [9.17, 15) is 0 Å². The SMILES string of the molecule is CCCNCc1cn(CCN2CCCCC2)cn1. The van der Waals surface area contributed by atoms with E-state index in [0.29, 0.717) is 0 Å². The van der Waals surface area contributed by atoms with Gasteiger partial charge in [0, 0.05) is 25.8 Å². The minimum atomic E-state index is 0.893. The minimum absolute atomic E-state index is 0.893. The van der Waals surface area contributed by atoms with Crippen molar-refractivity contribution in [3.05, 3.63) is 18.2 Å². The van der Waals surface area contributed by atoms with Gasteiger partial charge in [-0.15, -0.1) is 0 Å². The second kappa shape index (κ2) is 7.54. The molecular weight excluding hydrogens is 224 g/mol. The second-order valence-electron chi connectivity index (χ2n) is 5.18. The topological polar surface area (TPSA) is 33.1 Å². The van der Waals surface area contributed by atoms with Crippen molar-refractivity contribution < 1.29 is 0 Å². The number of piperidine rings is 1. The Bertz CT molecular complexity index is 328.